The van der Waals surface area contributed by atoms with Gasteiger partial charge in [0, 0.05) is 5.92 Å². The number of carbonyl (C=O) groups is 1. The molecule has 2 aliphatic rings. The molecule has 134 valence electrons. The second kappa shape index (κ2) is 7.09. The molecule has 0 unspecified atom stereocenters. The minimum atomic E-state index is -3.51. The molecule has 23 heavy (non-hydrogen) atoms. The second-order valence-corrected chi connectivity index (χ2v) is 8.96. The van der Waals surface area contributed by atoms with E-state index in [-0.39, 0.29) is 25.2 Å². The third-order valence-electron chi connectivity index (χ3n) is 3.89. The largest absolute Gasteiger partial charge is 0.442 e. The van der Waals surface area contributed by atoms with E-state index in [1.54, 1.807) is 34.6 Å². The molecule has 8 heteroatoms. The molecule has 1 heterocycles. The Morgan fingerprint density at radius 3 is 2.35 bits per heavy atom. The maximum Gasteiger partial charge on any atom is 0.435 e. The molecule has 0 radical (unpaired) electrons. The molecule has 0 spiro atoms. The molecular weight excluding hydrogens is 321 g/mol. The number of ether oxygens (including phenoxy) is 1. The van der Waals surface area contributed by atoms with E-state index in [1.165, 1.54) is 0 Å². The third-order valence-corrected chi connectivity index (χ3v) is 6.37. The zero-order valence-electron chi connectivity index (χ0n) is 14.6. The Kier molecular flexibility index (Phi) is 5.77. The molecule has 0 N–H and O–H groups in total. The van der Waals surface area contributed by atoms with Crippen LogP contribution in [0, 0.1) is 5.92 Å². The Labute approximate surface area is 138 Å². The van der Waals surface area contributed by atoms with E-state index in [0.717, 1.165) is 24.3 Å². The molecular formula is C15H28NO6P. The summed E-state index contributed by atoms with van der Waals surface area (Å²) in [5.74, 6) is -0.795. The molecule has 3 atom stereocenters. The van der Waals surface area contributed by atoms with Crippen molar-refractivity contribution < 1.29 is 28.0 Å². The first kappa shape index (κ1) is 18.7. The minimum Gasteiger partial charge on any atom is -0.442 e. The summed E-state index contributed by atoms with van der Waals surface area (Å²) in [6, 6.07) is 0. The van der Waals surface area contributed by atoms with Gasteiger partial charge in [0.2, 0.25) is 0 Å². The number of nitrogens with zero attached hydrogens (tertiary/aromatic N) is 1. The van der Waals surface area contributed by atoms with Crippen LogP contribution in [-0.2, 0) is 23.2 Å². The molecule has 0 aromatic carbocycles. The van der Waals surface area contributed by atoms with Gasteiger partial charge in [0.25, 0.3) is 0 Å². The van der Waals surface area contributed by atoms with Crippen LogP contribution < -0.4 is 0 Å². The predicted molar refractivity (Wildman–Crippen MR) is 84.9 cm³/mol. The SMILES string of the molecule is CCOP(=O)(OCC)[C@H]1[C@@H]2CCC[C@@H]2ON1C(=O)OC(C)(C)C. The van der Waals surface area contributed by atoms with Crippen molar-refractivity contribution in [3.8, 4) is 0 Å². The van der Waals surface area contributed by atoms with Crippen LogP contribution in [0.25, 0.3) is 0 Å². The summed E-state index contributed by atoms with van der Waals surface area (Å²) in [6.45, 7) is 9.34. The molecule has 0 bridgehead atoms. The lowest BCUT2D eigenvalue weighted by Crippen LogP contribution is -2.41. The number of hydroxylamine groups is 2. The van der Waals surface area contributed by atoms with Gasteiger partial charge in [0.05, 0.1) is 19.3 Å². The average molecular weight is 349 g/mol. The van der Waals surface area contributed by atoms with E-state index in [1.807, 2.05) is 0 Å². The highest BCUT2D eigenvalue weighted by atomic mass is 31.2. The van der Waals surface area contributed by atoms with Crippen molar-refractivity contribution in [1.29, 1.82) is 0 Å². The standard InChI is InChI=1S/C15H28NO6P/c1-6-19-23(18,20-7-2)13-11-9-8-10-12(11)22-16(13)14(17)21-15(3,4)5/h11-13H,6-10H2,1-5H3/t11-,12+,13+/m1/s1. The van der Waals surface area contributed by atoms with Gasteiger partial charge >= 0.3 is 13.7 Å². The van der Waals surface area contributed by atoms with Crippen molar-refractivity contribution in [2.75, 3.05) is 13.2 Å². The molecule has 1 aliphatic heterocycles. The summed E-state index contributed by atoms with van der Waals surface area (Å²) in [5.41, 5.74) is -0.663. The van der Waals surface area contributed by atoms with Crippen LogP contribution in [0.2, 0.25) is 0 Å². The smallest absolute Gasteiger partial charge is 0.435 e. The average Bonchev–Trinajstić information content (AvgIpc) is 2.96. The number of carbonyl (C=O) groups excluding carboxylic acids is 1. The molecule has 2 rings (SSSR count). The molecule has 2 fully saturated rings. The van der Waals surface area contributed by atoms with Gasteiger partial charge in [-0.3, -0.25) is 9.40 Å². The molecule has 7 nitrogen and oxygen atoms in total. The number of hydrogen-bond donors (Lipinski definition) is 0. The van der Waals surface area contributed by atoms with Gasteiger partial charge in [0.15, 0.2) is 5.78 Å². The van der Waals surface area contributed by atoms with Crippen molar-refractivity contribution in [1.82, 2.24) is 5.06 Å². The minimum absolute atomic E-state index is 0.0496. The summed E-state index contributed by atoms with van der Waals surface area (Å²) >= 11 is 0. The van der Waals surface area contributed by atoms with Crippen LogP contribution in [0.4, 0.5) is 4.79 Å². The predicted octanol–water partition coefficient (Wildman–Crippen LogP) is 3.93. The van der Waals surface area contributed by atoms with E-state index < -0.39 is 25.1 Å². The van der Waals surface area contributed by atoms with Crippen molar-refractivity contribution in [3.63, 3.8) is 0 Å². The van der Waals surface area contributed by atoms with Crippen molar-refractivity contribution >= 4 is 13.7 Å². The number of amides is 1. The fourth-order valence-electron chi connectivity index (χ4n) is 3.18. The summed E-state index contributed by atoms with van der Waals surface area (Å²) in [4.78, 5) is 18.3. The first-order chi connectivity index (χ1) is 10.7. The quantitative estimate of drug-likeness (QED) is 0.700. The van der Waals surface area contributed by atoms with Gasteiger partial charge in [-0.2, -0.15) is 5.06 Å². The number of rotatable bonds is 5. The Morgan fingerprint density at radius 2 is 1.83 bits per heavy atom. The molecule has 1 saturated carbocycles. The van der Waals surface area contributed by atoms with Crippen LogP contribution in [0.1, 0.15) is 53.9 Å². The summed E-state index contributed by atoms with van der Waals surface area (Å²) in [7, 11) is -3.51. The van der Waals surface area contributed by atoms with Gasteiger partial charge in [-0.1, -0.05) is 6.42 Å². The zero-order valence-corrected chi connectivity index (χ0v) is 15.5. The highest BCUT2D eigenvalue weighted by Gasteiger charge is 2.58. The fraction of sp³-hybridized carbons (Fsp3) is 0.933. The van der Waals surface area contributed by atoms with Gasteiger partial charge in [-0.25, -0.2) is 4.79 Å². The lowest BCUT2D eigenvalue weighted by molar-refractivity contribution is -0.144. The number of fused-ring (bicyclic) bond motifs is 1. The lowest BCUT2D eigenvalue weighted by Gasteiger charge is -2.32. The third kappa shape index (κ3) is 4.08. The second-order valence-electron chi connectivity index (χ2n) is 6.83. The Bertz CT molecular complexity index is 467. The van der Waals surface area contributed by atoms with Gasteiger partial charge in [-0.15, -0.1) is 0 Å². The lowest BCUT2D eigenvalue weighted by atomic mass is 10.1. The van der Waals surface area contributed by atoms with E-state index >= 15 is 0 Å². The van der Waals surface area contributed by atoms with Crippen molar-refractivity contribution in [3.05, 3.63) is 0 Å². The van der Waals surface area contributed by atoms with Gasteiger partial charge in [0.1, 0.15) is 5.60 Å². The van der Waals surface area contributed by atoms with Crippen LogP contribution in [0.15, 0.2) is 0 Å². The normalized spacial score (nSPS) is 28.0. The Morgan fingerprint density at radius 1 is 1.22 bits per heavy atom. The topological polar surface area (TPSA) is 74.3 Å². The molecule has 1 saturated heterocycles. The van der Waals surface area contributed by atoms with Crippen LogP contribution in [0.3, 0.4) is 0 Å². The van der Waals surface area contributed by atoms with Crippen LogP contribution in [-0.4, -0.2) is 41.9 Å². The molecule has 1 aliphatic carbocycles. The van der Waals surface area contributed by atoms with Crippen molar-refractivity contribution in [2.45, 2.75) is 71.4 Å². The van der Waals surface area contributed by atoms with E-state index in [9.17, 15) is 9.36 Å². The van der Waals surface area contributed by atoms with Crippen molar-refractivity contribution in [2.24, 2.45) is 5.92 Å². The summed E-state index contributed by atoms with van der Waals surface area (Å²) in [5, 5.41) is 1.10. The molecule has 0 aromatic rings. The van der Waals surface area contributed by atoms with Crippen LogP contribution in [0.5, 0.6) is 0 Å². The molecule has 0 aromatic heterocycles. The highest BCUT2D eigenvalue weighted by molar-refractivity contribution is 7.54. The Balaban J connectivity index is 2.29. The van der Waals surface area contributed by atoms with E-state index in [2.05, 4.69) is 0 Å². The monoisotopic (exact) mass is 349 g/mol. The fourth-order valence-corrected chi connectivity index (χ4v) is 5.50. The first-order valence-electron chi connectivity index (χ1n) is 8.29. The van der Waals surface area contributed by atoms with Crippen LogP contribution >= 0.6 is 7.60 Å². The number of hydrogen-bond acceptors (Lipinski definition) is 6. The Hall–Kier alpha value is -0.620. The van der Waals surface area contributed by atoms with E-state index in [4.69, 9.17) is 18.6 Å². The highest BCUT2D eigenvalue weighted by Crippen LogP contribution is 2.62. The maximum atomic E-state index is 13.3. The summed E-state index contributed by atoms with van der Waals surface area (Å²) in [6.07, 6.45) is 1.86. The zero-order chi connectivity index (χ0) is 17.3. The van der Waals surface area contributed by atoms with Gasteiger partial charge in [-0.05, 0) is 47.5 Å². The van der Waals surface area contributed by atoms with Gasteiger partial charge < -0.3 is 13.8 Å². The maximum absolute atomic E-state index is 13.3. The first-order valence-corrected chi connectivity index (χ1v) is 9.90. The molecule has 1 amide bonds. The van der Waals surface area contributed by atoms with E-state index in [0.29, 0.717) is 0 Å². The summed E-state index contributed by atoms with van der Waals surface area (Å²) < 4.78 is 29.6.